The van der Waals surface area contributed by atoms with Gasteiger partial charge in [0.25, 0.3) is 0 Å². The molecule has 1 aromatic carbocycles. The zero-order chi connectivity index (χ0) is 18.7. The van der Waals surface area contributed by atoms with Crippen LogP contribution in [0.25, 0.3) is 0 Å². The molecule has 1 amide bonds. The first-order valence-electron chi connectivity index (χ1n) is 8.17. The van der Waals surface area contributed by atoms with Crippen LogP contribution in [0.2, 0.25) is 10.2 Å². The fraction of sp³-hybridized carbons (Fsp3) is 0.353. The number of hydrogen-bond donors (Lipinski definition) is 1. The van der Waals surface area contributed by atoms with E-state index in [1.807, 2.05) is 0 Å². The summed E-state index contributed by atoms with van der Waals surface area (Å²) in [6.07, 6.45) is 1.99. The summed E-state index contributed by atoms with van der Waals surface area (Å²) < 4.78 is 33.0. The Morgan fingerprint density at radius 1 is 1.12 bits per heavy atom. The molecule has 1 unspecified atom stereocenters. The van der Waals surface area contributed by atoms with Gasteiger partial charge < -0.3 is 9.73 Å². The maximum atomic E-state index is 13.2. The Labute approximate surface area is 162 Å². The molecule has 1 atom stereocenters. The van der Waals surface area contributed by atoms with Gasteiger partial charge in [-0.3, -0.25) is 4.79 Å². The number of carbonyl (C=O) groups excluding carboxylic acids is 1. The Bertz CT molecular complexity index is 880. The number of furan rings is 1. The molecule has 0 aliphatic carbocycles. The van der Waals surface area contributed by atoms with Crippen molar-refractivity contribution in [2.45, 2.75) is 36.7 Å². The topological polar surface area (TPSA) is 79.6 Å². The highest BCUT2D eigenvalue weighted by Crippen LogP contribution is 2.27. The van der Waals surface area contributed by atoms with Gasteiger partial charge in [-0.25, -0.2) is 8.42 Å². The minimum Gasteiger partial charge on any atom is -0.448 e. The second-order valence-corrected chi connectivity index (χ2v) is 8.71. The smallest absolute Gasteiger partial charge is 0.244 e. The van der Waals surface area contributed by atoms with E-state index in [1.54, 1.807) is 6.07 Å². The van der Waals surface area contributed by atoms with Crippen molar-refractivity contribution in [3.05, 3.63) is 52.4 Å². The van der Waals surface area contributed by atoms with Gasteiger partial charge in [-0.1, -0.05) is 11.6 Å². The SMILES string of the molecule is O=C1NCCCCC1N(Cc1ccc(Cl)o1)S(=O)(=O)c1ccc(Cl)cc1. The number of carbonyl (C=O) groups is 1. The fourth-order valence-electron chi connectivity index (χ4n) is 2.89. The van der Waals surface area contributed by atoms with E-state index in [2.05, 4.69) is 5.32 Å². The minimum absolute atomic E-state index is 0.0663. The Morgan fingerprint density at radius 3 is 2.50 bits per heavy atom. The lowest BCUT2D eigenvalue weighted by atomic mass is 10.1. The molecule has 26 heavy (non-hydrogen) atoms. The Kier molecular flexibility index (Phi) is 5.92. The van der Waals surface area contributed by atoms with E-state index in [-0.39, 0.29) is 22.6 Å². The number of sulfonamides is 1. The third-order valence-electron chi connectivity index (χ3n) is 4.21. The van der Waals surface area contributed by atoms with E-state index in [0.29, 0.717) is 23.7 Å². The summed E-state index contributed by atoms with van der Waals surface area (Å²) in [5.74, 6) is 0.0577. The van der Waals surface area contributed by atoms with Crippen LogP contribution in [-0.2, 0) is 21.4 Å². The van der Waals surface area contributed by atoms with Crippen molar-refractivity contribution >= 4 is 39.1 Å². The lowest BCUT2D eigenvalue weighted by molar-refractivity contribution is -0.124. The molecule has 1 aromatic heterocycles. The number of nitrogens with zero attached hydrogens (tertiary/aromatic N) is 1. The summed E-state index contributed by atoms with van der Waals surface area (Å²) in [6.45, 7) is 0.451. The lowest BCUT2D eigenvalue weighted by Gasteiger charge is -2.28. The number of amides is 1. The number of hydrogen-bond acceptors (Lipinski definition) is 4. The fourth-order valence-corrected chi connectivity index (χ4v) is 4.77. The number of nitrogens with one attached hydrogen (secondary N) is 1. The van der Waals surface area contributed by atoms with Crippen LogP contribution in [0.5, 0.6) is 0 Å². The van der Waals surface area contributed by atoms with Crippen molar-refractivity contribution in [1.82, 2.24) is 9.62 Å². The van der Waals surface area contributed by atoms with E-state index in [0.717, 1.165) is 12.8 Å². The second-order valence-electron chi connectivity index (χ2n) is 6.01. The summed E-state index contributed by atoms with van der Waals surface area (Å²) >= 11 is 11.7. The molecule has 2 heterocycles. The van der Waals surface area contributed by atoms with Crippen LogP contribution in [0.1, 0.15) is 25.0 Å². The highest BCUT2D eigenvalue weighted by Gasteiger charge is 2.37. The van der Waals surface area contributed by atoms with Gasteiger partial charge in [0.1, 0.15) is 11.8 Å². The van der Waals surface area contributed by atoms with Crippen molar-refractivity contribution in [3.8, 4) is 0 Å². The van der Waals surface area contributed by atoms with E-state index in [4.69, 9.17) is 27.6 Å². The summed E-state index contributed by atoms with van der Waals surface area (Å²) in [6, 6.07) is 8.18. The maximum Gasteiger partial charge on any atom is 0.244 e. The molecular weight excluding hydrogens is 399 g/mol. The molecule has 3 rings (SSSR count). The van der Waals surface area contributed by atoms with Crippen LogP contribution < -0.4 is 5.32 Å². The predicted molar refractivity (Wildman–Crippen MR) is 98.5 cm³/mol. The summed E-state index contributed by atoms with van der Waals surface area (Å²) in [5, 5.41) is 3.37. The van der Waals surface area contributed by atoms with Gasteiger partial charge in [-0.15, -0.1) is 0 Å². The zero-order valence-corrected chi connectivity index (χ0v) is 16.1. The average Bonchev–Trinajstić information content (AvgIpc) is 2.89. The average molecular weight is 417 g/mol. The molecule has 0 bridgehead atoms. The molecule has 1 N–H and O–H groups in total. The number of halogens is 2. The van der Waals surface area contributed by atoms with Crippen LogP contribution in [0.3, 0.4) is 0 Å². The van der Waals surface area contributed by atoms with Crippen LogP contribution in [0.4, 0.5) is 0 Å². The molecule has 0 saturated carbocycles. The van der Waals surface area contributed by atoms with Gasteiger partial charge in [-0.2, -0.15) is 4.31 Å². The first-order valence-corrected chi connectivity index (χ1v) is 10.4. The van der Waals surface area contributed by atoms with Crippen molar-refractivity contribution < 1.29 is 17.6 Å². The van der Waals surface area contributed by atoms with E-state index >= 15 is 0 Å². The molecule has 9 heteroatoms. The molecule has 140 valence electrons. The van der Waals surface area contributed by atoms with Gasteiger partial charge in [0.15, 0.2) is 5.22 Å². The zero-order valence-electron chi connectivity index (χ0n) is 13.8. The van der Waals surface area contributed by atoms with E-state index < -0.39 is 16.1 Å². The quantitative estimate of drug-likeness (QED) is 0.808. The normalized spacial score (nSPS) is 18.6. The molecular formula is C17H18Cl2N2O4S. The van der Waals surface area contributed by atoms with Crippen LogP contribution in [0, 0.1) is 0 Å². The number of rotatable bonds is 5. The molecule has 1 saturated heterocycles. The lowest BCUT2D eigenvalue weighted by Crippen LogP contribution is -2.48. The minimum atomic E-state index is -3.94. The monoisotopic (exact) mass is 416 g/mol. The molecule has 6 nitrogen and oxygen atoms in total. The van der Waals surface area contributed by atoms with Gasteiger partial charge >= 0.3 is 0 Å². The molecule has 1 aliphatic rings. The molecule has 0 radical (unpaired) electrons. The van der Waals surface area contributed by atoms with Crippen LogP contribution >= 0.6 is 23.2 Å². The highest BCUT2D eigenvalue weighted by molar-refractivity contribution is 7.89. The standard InChI is InChI=1S/C17H18Cl2N2O4S/c18-12-4-7-14(8-5-12)26(23,24)21(11-13-6-9-16(19)25-13)15-3-1-2-10-20-17(15)22/h4-9,15H,1-3,10-11H2,(H,20,22). The molecule has 1 fully saturated rings. The second kappa shape index (κ2) is 8.00. The van der Waals surface area contributed by atoms with Crippen molar-refractivity contribution in [1.29, 1.82) is 0 Å². The third-order valence-corrected chi connectivity index (χ3v) is 6.54. The maximum absolute atomic E-state index is 13.2. The Morgan fingerprint density at radius 2 is 1.85 bits per heavy atom. The van der Waals surface area contributed by atoms with Gasteiger partial charge in [0, 0.05) is 11.6 Å². The van der Waals surface area contributed by atoms with Gasteiger partial charge in [0.05, 0.1) is 11.4 Å². The first kappa shape index (κ1) is 19.2. The Hall–Kier alpha value is -1.54. The van der Waals surface area contributed by atoms with E-state index in [9.17, 15) is 13.2 Å². The highest BCUT2D eigenvalue weighted by atomic mass is 35.5. The van der Waals surface area contributed by atoms with Gasteiger partial charge in [-0.05, 0) is 67.3 Å². The molecule has 0 spiro atoms. The summed E-state index contributed by atoms with van der Waals surface area (Å²) in [4.78, 5) is 12.6. The van der Waals surface area contributed by atoms with Crippen LogP contribution in [0.15, 0.2) is 45.7 Å². The molecule has 2 aromatic rings. The Balaban J connectivity index is 2.00. The molecule has 1 aliphatic heterocycles. The van der Waals surface area contributed by atoms with Gasteiger partial charge in [0.2, 0.25) is 15.9 Å². The van der Waals surface area contributed by atoms with E-state index in [1.165, 1.54) is 34.6 Å². The van der Waals surface area contributed by atoms with Crippen molar-refractivity contribution in [3.63, 3.8) is 0 Å². The largest absolute Gasteiger partial charge is 0.448 e. The van der Waals surface area contributed by atoms with Crippen molar-refractivity contribution in [2.75, 3.05) is 6.54 Å². The van der Waals surface area contributed by atoms with Crippen LogP contribution in [-0.4, -0.2) is 31.2 Å². The van der Waals surface area contributed by atoms with Crippen molar-refractivity contribution in [2.24, 2.45) is 0 Å². The third kappa shape index (κ3) is 4.23. The first-order chi connectivity index (χ1) is 12.4. The predicted octanol–water partition coefficient (Wildman–Crippen LogP) is 3.45. The summed E-state index contributed by atoms with van der Waals surface area (Å²) in [5.41, 5.74) is 0. The summed E-state index contributed by atoms with van der Waals surface area (Å²) in [7, 11) is -3.94. The number of benzene rings is 1.